The fourth-order valence-corrected chi connectivity index (χ4v) is 10.9. The lowest BCUT2D eigenvalue weighted by molar-refractivity contribution is -0.141. The van der Waals surface area contributed by atoms with Gasteiger partial charge >= 0.3 is 17.9 Å². The van der Waals surface area contributed by atoms with E-state index in [9.17, 15) is 19.5 Å². The van der Waals surface area contributed by atoms with Gasteiger partial charge in [0.25, 0.3) is 0 Å². The molecule has 0 spiro atoms. The maximum absolute atomic E-state index is 11.7. The second-order valence-corrected chi connectivity index (χ2v) is 20.2. The quantitative estimate of drug-likeness (QED) is 0.0510. The van der Waals surface area contributed by atoms with Gasteiger partial charge in [0.2, 0.25) is 0 Å². The first-order valence-corrected chi connectivity index (χ1v) is 28.5. The first-order chi connectivity index (χ1) is 42.1. The number of phenolic OH excluding ortho intramolecular Hbond substituents is 1. The second kappa shape index (κ2) is 33.3. The number of aliphatic carboxylic acids is 1. The molecule has 0 amide bonds. The molecule has 16 heteroatoms. The zero-order valence-electron chi connectivity index (χ0n) is 51.4. The van der Waals surface area contributed by atoms with Gasteiger partial charge in [-0.3, -0.25) is 14.4 Å². The number of aliphatic hydroxyl groups is 1. The summed E-state index contributed by atoms with van der Waals surface area (Å²) in [6.07, 6.45) is 4.88. The molecule has 0 fully saturated rings. The molecule has 3 aliphatic carbocycles. The van der Waals surface area contributed by atoms with E-state index in [4.69, 9.17) is 52.8 Å². The van der Waals surface area contributed by atoms with Crippen LogP contribution in [0.4, 0.5) is 0 Å². The van der Waals surface area contributed by atoms with Crippen LogP contribution in [0.1, 0.15) is 145 Å². The van der Waals surface area contributed by atoms with Gasteiger partial charge in [0.05, 0.1) is 100.0 Å². The smallest absolute Gasteiger partial charge is 0.307 e. The molecule has 87 heavy (non-hydrogen) atoms. The highest BCUT2D eigenvalue weighted by atomic mass is 16.5. The van der Waals surface area contributed by atoms with Crippen LogP contribution in [0.3, 0.4) is 0 Å². The highest BCUT2D eigenvalue weighted by Crippen LogP contribution is 2.47. The lowest BCUT2D eigenvalue weighted by Gasteiger charge is -2.19. The Morgan fingerprint density at radius 2 is 0.747 bits per heavy atom. The highest BCUT2D eigenvalue weighted by Gasteiger charge is 2.33. The summed E-state index contributed by atoms with van der Waals surface area (Å²) < 4.78 is 54.4. The number of aromatic hydroxyl groups is 1. The van der Waals surface area contributed by atoms with Gasteiger partial charge in [0.1, 0.15) is 64.0 Å². The molecule has 0 heterocycles. The van der Waals surface area contributed by atoms with Crippen LogP contribution in [0, 0.1) is 35.5 Å². The molecule has 6 aromatic carbocycles. The highest BCUT2D eigenvalue weighted by molar-refractivity contribution is 5.72. The molecule has 3 N–H and O–H groups in total. The van der Waals surface area contributed by atoms with E-state index >= 15 is 0 Å². The van der Waals surface area contributed by atoms with Gasteiger partial charge in [0.15, 0.2) is 0 Å². The largest absolute Gasteiger partial charge is 0.508 e. The minimum atomic E-state index is -0.864. The summed E-state index contributed by atoms with van der Waals surface area (Å²) in [5.74, 6) is 22.0. The first kappa shape index (κ1) is 66.7. The van der Waals surface area contributed by atoms with Crippen molar-refractivity contribution in [2.45, 2.75) is 115 Å². The van der Waals surface area contributed by atoms with Gasteiger partial charge in [0, 0.05) is 33.4 Å². The molecule has 0 saturated carbocycles. The van der Waals surface area contributed by atoms with E-state index in [1.165, 1.54) is 14.2 Å². The van der Waals surface area contributed by atoms with Crippen molar-refractivity contribution in [1.82, 2.24) is 0 Å². The van der Waals surface area contributed by atoms with Gasteiger partial charge < -0.3 is 62.7 Å². The number of esters is 2. The number of phenols is 1. The van der Waals surface area contributed by atoms with Crippen molar-refractivity contribution in [2.24, 2.45) is 0 Å². The maximum atomic E-state index is 11.7. The van der Waals surface area contributed by atoms with Crippen molar-refractivity contribution < 1.29 is 77.1 Å². The number of ether oxygens (including phenoxy) is 10. The Hall–Kier alpha value is -9.43. The number of carboxylic acids is 1. The third-order valence-electron chi connectivity index (χ3n) is 15.0. The Balaban J connectivity index is 0.000000194. The van der Waals surface area contributed by atoms with E-state index in [-0.39, 0.29) is 66.9 Å². The standard InChI is InChI=1S/C24H26O5.C23H24O5.C13H14O3.C11H14O3/c1-5-6-17(15-23(25)28-4)16-7-9-18(10-8-16)29-22-12-11-19-20(26-2)13-14-21(27-3)24(19)22;1-4-5-16(14-22(24)25)15-6-8-17(9-7-15)28-21-11-10-18-19(26-2)12-13-20(27-3)23(18)21;1-3-4-11(9-13(15)16-2)10-5-7-12(14)8-6-10;1-13-9-5-6-10(14-2)11-7(9)3-4-8(11)12/h7-10,13-14,17,22H,11-12,15H2,1-4H3;6-9,12-13,16,21H,10-11,14H2,1-3H3,(H,24,25);5-8,11,14H,9H2,1-2H3;5-6,8,12H,3-4H2,1-2H3/t17-,22?;16-,21?;11-;/m000./s1. The van der Waals surface area contributed by atoms with Gasteiger partial charge in [-0.05, 0) is 149 Å². The predicted molar refractivity (Wildman–Crippen MR) is 330 cm³/mol. The van der Waals surface area contributed by atoms with E-state index in [0.29, 0.717) is 0 Å². The number of carbonyl (C=O) groups excluding carboxylic acids is 2. The molecule has 16 nitrogen and oxygen atoms in total. The predicted octanol–water partition coefficient (Wildman–Crippen LogP) is 12.5. The molecular formula is C71H78O16. The topological polar surface area (TPSA) is 204 Å². The molecule has 9 rings (SSSR count). The summed E-state index contributed by atoms with van der Waals surface area (Å²) in [5.41, 5.74) is 9.07. The molecular weight excluding hydrogens is 1110 g/mol. The van der Waals surface area contributed by atoms with Crippen LogP contribution in [-0.4, -0.2) is 90.1 Å². The second-order valence-electron chi connectivity index (χ2n) is 20.2. The Kier molecular flexibility index (Phi) is 25.5. The number of aliphatic hydroxyl groups excluding tert-OH is 1. The van der Waals surface area contributed by atoms with Crippen LogP contribution >= 0.6 is 0 Å². The van der Waals surface area contributed by atoms with Gasteiger partial charge in [-0.15, -0.1) is 17.8 Å². The van der Waals surface area contributed by atoms with E-state index in [2.05, 4.69) is 40.3 Å². The zero-order chi connectivity index (χ0) is 63.0. The number of carboxylic acid groups (broad SMARTS) is 1. The molecule has 6 aromatic rings. The summed E-state index contributed by atoms with van der Waals surface area (Å²) >= 11 is 0. The fourth-order valence-electron chi connectivity index (χ4n) is 10.9. The van der Waals surface area contributed by atoms with Gasteiger partial charge in [-0.1, -0.05) is 54.2 Å². The van der Waals surface area contributed by atoms with E-state index in [1.807, 2.05) is 84.9 Å². The summed E-state index contributed by atoms with van der Waals surface area (Å²) in [5, 5.41) is 28.0. The average molecular weight is 1190 g/mol. The Morgan fingerprint density at radius 1 is 0.437 bits per heavy atom. The Morgan fingerprint density at radius 3 is 1.08 bits per heavy atom. The Bertz CT molecular complexity index is 3460. The summed E-state index contributed by atoms with van der Waals surface area (Å²) in [7, 11) is 12.7. The number of fused-ring (bicyclic) bond motifs is 3. The summed E-state index contributed by atoms with van der Waals surface area (Å²) in [4.78, 5) is 33.9. The van der Waals surface area contributed by atoms with Crippen molar-refractivity contribution in [3.63, 3.8) is 0 Å². The lowest BCUT2D eigenvalue weighted by atomic mass is 9.96. The van der Waals surface area contributed by atoms with Crippen LogP contribution in [0.2, 0.25) is 0 Å². The molecule has 0 bridgehead atoms. The maximum Gasteiger partial charge on any atom is 0.307 e. The molecule has 0 saturated heterocycles. The molecule has 0 aromatic heterocycles. The van der Waals surface area contributed by atoms with Crippen LogP contribution in [0.5, 0.6) is 51.7 Å². The van der Waals surface area contributed by atoms with Crippen LogP contribution in [-0.2, 0) is 43.1 Å². The first-order valence-electron chi connectivity index (χ1n) is 28.5. The van der Waals surface area contributed by atoms with Crippen molar-refractivity contribution in [1.29, 1.82) is 0 Å². The molecule has 0 aliphatic heterocycles. The van der Waals surface area contributed by atoms with Crippen LogP contribution in [0.15, 0.2) is 109 Å². The SMILES string of the molecule is CC#C[C@@H](CC(=O)O)c1ccc(OC2CCc3c(OC)ccc(OC)c32)cc1.CC#C[C@@H](CC(=O)OC)c1ccc(O)cc1.CC#C[C@@H](CC(=O)OC)c1ccc(OC2CCc3c(OC)ccc(OC)c32)cc1.COc1ccc(OC)c2c1CCC2O. The van der Waals surface area contributed by atoms with Crippen molar-refractivity contribution >= 4 is 17.9 Å². The van der Waals surface area contributed by atoms with E-state index in [0.717, 1.165) is 135 Å². The number of rotatable bonds is 19. The normalized spacial score (nSPS) is 15.4. The number of hydrogen-bond acceptors (Lipinski definition) is 15. The average Bonchev–Trinajstić information content (AvgIpc) is 3.18. The lowest BCUT2D eigenvalue weighted by Crippen LogP contribution is -2.08. The minimum Gasteiger partial charge on any atom is -0.508 e. The molecule has 3 aliphatic rings. The molecule has 0 radical (unpaired) electrons. The summed E-state index contributed by atoms with van der Waals surface area (Å²) in [6.45, 7) is 5.21. The van der Waals surface area contributed by atoms with Crippen molar-refractivity contribution in [3.8, 4) is 87.3 Å². The molecule has 458 valence electrons. The minimum absolute atomic E-state index is 0.0198. The molecule has 6 atom stereocenters. The van der Waals surface area contributed by atoms with E-state index < -0.39 is 12.1 Å². The van der Waals surface area contributed by atoms with Gasteiger partial charge in [-0.25, -0.2) is 0 Å². The number of methoxy groups -OCH3 is 8. The van der Waals surface area contributed by atoms with Crippen molar-refractivity contribution in [3.05, 3.63) is 159 Å². The zero-order valence-corrected chi connectivity index (χ0v) is 51.4. The number of benzene rings is 6. The van der Waals surface area contributed by atoms with Crippen LogP contribution < -0.4 is 37.9 Å². The summed E-state index contributed by atoms with van der Waals surface area (Å²) in [6, 6.07) is 33.3. The third kappa shape index (κ3) is 17.6. The van der Waals surface area contributed by atoms with Crippen molar-refractivity contribution in [2.75, 3.05) is 56.9 Å². The number of carbonyl (C=O) groups is 3. The van der Waals surface area contributed by atoms with Gasteiger partial charge in [-0.2, -0.15) is 0 Å². The monoisotopic (exact) mass is 1190 g/mol. The van der Waals surface area contributed by atoms with E-state index in [1.54, 1.807) is 87.7 Å². The number of hydrogen-bond donors (Lipinski definition) is 3. The Labute approximate surface area is 510 Å². The third-order valence-corrected chi connectivity index (χ3v) is 15.0. The fraction of sp³-hybridized carbons (Fsp3) is 0.366. The van der Waals surface area contributed by atoms with Crippen LogP contribution in [0.25, 0.3) is 0 Å². The molecule has 3 unspecified atom stereocenters.